The van der Waals surface area contributed by atoms with E-state index in [1.165, 1.54) is 43.9 Å². The SMILES string of the molecule is COc1cc([C@H]2NC(=S)N[C@@](O)(C(F)(F)F)[C@@H]2C(=O)c2cccs2)cc(OC)c1O. The molecule has 0 radical (unpaired) electrons. The maximum atomic E-state index is 14.0. The molecule has 0 spiro atoms. The number of rotatable bonds is 5. The number of ether oxygens (including phenoxy) is 2. The number of Topliss-reactive ketones (excluding diaryl/α,β-unsaturated/α-hetero) is 1. The molecule has 2 heterocycles. The smallest absolute Gasteiger partial charge is 0.437 e. The second kappa shape index (κ2) is 7.93. The molecule has 7 nitrogen and oxygen atoms in total. The van der Waals surface area contributed by atoms with E-state index in [2.05, 4.69) is 5.32 Å². The van der Waals surface area contributed by atoms with E-state index in [1.54, 1.807) is 0 Å². The minimum atomic E-state index is -5.24. The van der Waals surface area contributed by atoms with Crippen LogP contribution in [0, 0.1) is 5.92 Å². The van der Waals surface area contributed by atoms with Gasteiger partial charge in [-0.1, -0.05) is 6.07 Å². The molecule has 3 rings (SSSR count). The van der Waals surface area contributed by atoms with E-state index in [-0.39, 0.29) is 27.7 Å². The van der Waals surface area contributed by atoms with Gasteiger partial charge >= 0.3 is 6.18 Å². The van der Waals surface area contributed by atoms with Crippen LogP contribution in [-0.2, 0) is 0 Å². The number of alkyl halides is 3. The first kappa shape index (κ1) is 22.1. The van der Waals surface area contributed by atoms with Gasteiger partial charge in [-0.3, -0.25) is 4.79 Å². The monoisotopic (exact) mass is 462 g/mol. The van der Waals surface area contributed by atoms with E-state index in [9.17, 15) is 28.2 Å². The number of benzene rings is 1. The van der Waals surface area contributed by atoms with E-state index in [4.69, 9.17) is 21.7 Å². The van der Waals surface area contributed by atoms with Crippen molar-refractivity contribution in [3.05, 3.63) is 40.1 Å². The Labute approximate surface area is 178 Å². The van der Waals surface area contributed by atoms with Gasteiger partial charge < -0.3 is 30.3 Å². The molecular weight excluding hydrogens is 445 g/mol. The van der Waals surface area contributed by atoms with Crippen molar-refractivity contribution in [3.63, 3.8) is 0 Å². The van der Waals surface area contributed by atoms with Crippen LogP contribution in [0.1, 0.15) is 21.3 Å². The Morgan fingerprint density at radius 3 is 2.33 bits per heavy atom. The Balaban J connectivity index is 2.22. The van der Waals surface area contributed by atoms with Crippen molar-refractivity contribution in [2.45, 2.75) is 17.9 Å². The van der Waals surface area contributed by atoms with Gasteiger partial charge in [-0.25, -0.2) is 0 Å². The Kier molecular flexibility index (Phi) is 5.85. The number of thiophene rings is 1. The van der Waals surface area contributed by atoms with Crippen LogP contribution in [0.15, 0.2) is 29.6 Å². The van der Waals surface area contributed by atoms with Gasteiger partial charge in [0.25, 0.3) is 0 Å². The minimum Gasteiger partial charge on any atom is -0.502 e. The van der Waals surface area contributed by atoms with Crippen LogP contribution in [0.2, 0.25) is 0 Å². The molecular formula is C18H17F3N2O5S2. The summed E-state index contributed by atoms with van der Waals surface area (Å²) >= 11 is 5.83. The molecule has 0 amide bonds. The van der Waals surface area contributed by atoms with Crippen LogP contribution in [-0.4, -0.2) is 47.2 Å². The van der Waals surface area contributed by atoms with Gasteiger partial charge in [-0.2, -0.15) is 13.2 Å². The fourth-order valence-electron chi connectivity index (χ4n) is 3.28. The summed E-state index contributed by atoms with van der Waals surface area (Å²) in [6.07, 6.45) is -5.24. The number of ketones is 1. The molecule has 1 saturated heterocycles. The highest BCUT2D eigenvalue weighted by molar-refractivity contribution is 7.80. The topological polar surface area (TPSA) is 100 Å². The quantitative estimate of drug-likeness (QED) is 0.398. The lowest BCUT2D eigenvalue weighted by Gasteiger charge is -2.46. The third-order valence-corrected chi connectivity index (χ3v) is 5.82. The molecule has 12 heteroatoms. The van der Waals surface area contributed by atoms with Crippen molar-refractivity contribution in [3.8, 4) is 17.2 Å². The average molecular weight is 462 g/mol. The van der Waals surface area contributed by atoms with E-state index < -0.39 is 34.8 Å². The maximum absolute atomic E-state index is 14.0. The van der Waals surface area contributed by atoms with E-state index in [0.29, 0.717) is 0 Å². The standard InChI is InChI=1S/C18H17F3N2O5S2/c1-27-9-6-8(7-10(28-2)14(9)24)13-12(15(25)11-4-3-5-30-11)17(26,18(19,20)21)23-16(29)22-13/h3-7,12-13,24,26H,1-2H3,(H2,22,23,29)/t12-,13+,17-/m0/s1. The zero-order chi connectivity index (χ0) is 22.3. The van der Waals surface area contributed by atoms with E-state index in [1.807, 2.05) is 5.32 Å². The van der Waals surface area contributed by atoms with Crippen LogP contribution >= 0.6 is 23.6 Å². The second-order valence-electron chi connectivity index (χ2n) is 6.43. The molecule has 4 N–H and O–H groups in total. The first-order valence-electron chi connectivity index (χ1n) is 8.44. The van der Waals surface area contributed by atoms with E-state index in [0.717, 1.165) is 11.3 Å². The number of halogens is 3. The molecule has 3 atom stereocenters. The number of thiocarbonyl (C=S) groups is 1. The number of phenols is 1. The molecule has 1 aromatic heterocycles. The summed E-state index contributed by atoms with van der Waals surface area (Å²) in [4.78, 5) is 13.1. The number of hydrogen-bond donors (Lipinski definition) is 4. The number of carbonyl (C=O) groups is 1. The largest absolute Gasteiger partial charge is 0.502 e. The van der Waals surface area contributed by atoms with Gasteiger partial charge in [0.2, 0.25) is 11.5 Å². The van der Waals surface area contributed by atoms with Crippen LogP contribution in [0.5, 0.6) is 17.2 Å². The Morgan fingerprint density at radius 1 is 1.27 bits per heavy atom. The summed E-state index contributed by atoms with van der Waals surface area (Å²) in [5, 5.41) is 26.3. The van der Waals surface area contributed by atoms with Crippen LogP contribution in [0.3, 0.4) is 0 Å². The Hall–Kier alpha value is -2.57. The second-order valence-corrected chi connectivity index (χ2v) is 7.79. The third-order valence-electron chi connectivity index (χ3n) is 4.71. The molecule has 0 saturated carbocycles. The molecule has 0 bridgehead atoms. The number of hydrogen-bond acceptors (Lipinski definition) is 7. The summed E-state index contributed by atoms with van der Waals surface area (Å²) in [5.74, 6) is -3.54. The first-order valence-corrected chi connectivity index (χ1v) is 9.72. The molecule has 1 aromatic carbocycles. The van der Waals surface area contributed by atoms with Crippen LogP contribution in [0.4, 0.5) is 13.2 Å². The molecule has 162 valence electrons. The fourth-order valence-corrected chi connectivity index (χ4v) is 4.27. The van der Waals surface area contributed by atoms with E-state index >= 15 is 0 Å². The highest BCUT2D eigenvalue weighted by atomic mass is 32.1. The van der Waals surface area contributed by atoms with Crippen molar-refractivity contribution in [1.29, 1.82) is 0 Å². The first-order chi connectivity index (χ1) is 14.0. The normalized spacial score (nSPS) is 24.0. The molecule has 0 aliphatic carbocycles. The highest BCUT2D eigenvalue weighted by Gasteiger charge is 2.66. The number of methoxy groups -OCH3 is 2. The molecule has 0 unspecified atom stereocenters. The number of aliphatic hydroxyl groups is 1. The number of phenolic OH excluding ortho intramolecular Hbond substituents is 1. The summed E-state index contributed by atoms with van der Waals surface area (Å²) < 4.78 is 52.0. The predicted octanol–water partition coefficient (Wildman–Crippen LogP) is 2.74. The summed E-state index contributed by atoms with van der Waals surface area (Å²) in [6.45, 7) is 0. The Morgan fingerprint density at radius 2 is 1.87 bits per heavy atom. The van der Waals surface area contributed by atoms with Crippen molar-refractivity contribution in [2.24, 2.45) is 5.92 Å². The van der Waals surface area contributed by atoms with Crippen LogP contribution in [0.25, 0.3) is 0 Å². The maximum Gasteiger partial charge on any atom is 0.437 e. The molecule has 1 aliphatic rings. The molecule has 1 aliphatic heterocycles. The molecule has 1 fully saturated rings. The average Bonchev–Trinajstić information content (AvgIpc) is 3.21. The van der Waals surface area contributed by atoms with Crippen LogP contribution < -0.4 is 20.1 Å². The van der Waals surface area contributed by atoms with Gasteiger partial charge in [0.05, 0.1) is 25.1 Å². The fraction of sp³-hybridized carbons (Fsp3) is 0.333. The summed E-state index contributed by atoms with van der Waals surface area (Å²) in [7, 11) is 2.50. The lowest BCUT2D eigenvalue weighted by atomic mass is 9.78. The van der Waals surface area contributed by atoms with Gasteiger partial charge in [0, 0.05) is 0 Å². The minimum absolute atomic E-state index is 0.0294. The zero-order valence-electron chi connectivity index (χ0n) is 15.6. The third kappa shape index (κ3) is 3.66. The lowest BCUT2D eigenvalue weighted by molar-refractivity contribution is -0.285. The zero-order valence-corrected chi connectivity index (χ0v) is 17.2. The number of aromatic hydroxyl groups is 1. The van der Waals surface area contributed by atoms with Crippen molar-refractivity contribution < 1.29 is 37.7 Å². The summed E-state index contributed by atoms with van der Waals surface area (Å²) in [5.41, 5.74) is -3.55. The van der Waals surface area contributed by atoms with Gasteiger partial charge in [0.15, 0.2) is 22.4 Å². The van der Waals surface area contributed by atoms with Crippen molar-refractivity contribution in [1.82, 2.24) is 10.6 Å². The van der Waals surface area contributed by atoms with Gasteiger partial charge in [-0.15, -0.1) is 11.3 Å². The Bertz CT molecular complexity index is 942. The molecule has 30 heavy (non-hydrogen) atoms. The predicted molar refractivity (Wildman–Crippen MR) is 106 cm³/mol. The highest BCUT2D eigenvalue weighted by Crippen LogP contribution is 2.47. The van der Waals surface area contributed by atoms with Crippen molar-refractivity contribution in [2.75, 3.05) is 14.2 Å². The summed E-state index contributed by atoms with van der Waals surface area (Å²) in [6, 6.07) is 3.96. The number of carbonyl (C=O) groups excluding carboxylic acids is 1. The number of nitrogens with one attached hydrogen (secondary N) is 2. The van der Waals surface area contributed by atoms with Gasteiger partial charge in [-0.05, 0) is 41.4 Å². The molecule has 2 aromatic rings. The van der Waals surface area contributed by atoms with Gasteiger partial charge in [0.1, 0.15) is 5.92 Å². The lowest BCUT2D eigenvalue weighted by Crippen LogP contribution is -2.72. The van der Waals surface area contributed by atoms with Crippen molar-refractivity contribution >= 4 is 34.5 Å².